The number of allylic oxidation sites excluding steroid dienone is 3. The van der Waals surface area contributed by atoms with Gasteiger partial charge in [-0.15, -0.1) is 0 Å². The first-order chi connectivity index (χ1) is 14.0. The van der Waals surface area contributed by atoms with Crippen LogP contribution in [0.5, 0.6) is 0 Å². The first-order valence-corrected chi connectivity index (χ1v) is 10.4. The number of nitrogens with one attached hydrogen (secondary N) is 1. The lowest BCUT2D eigenvalue weighted by atomic mass is 9.69. The monoisotopic (exact) mass is 386 g/mol. The van der Waals surface area contributed by atoms with Gasteiger partial charge in [0, 0.05) is 18.2 Å². The number of urea groups is 1. The molecule has 0 bridgehead atoms. The molecule has 1 saturated carbocycles. The van der Waals surface area contributed by atoms with E-state index in [4.69, 9.17) is 10.7 Å². The standard InChI is InChI=1S/C24H26N4O/c1-28-21-14-19(16-6-3-2-4-7-16)22(27-20(21)15-26-23(28)29)17-8-10-18(11-9-17)24(25)12-5-13-24/h2-4,6-8,10,14H,5,9,11-13,15,25H2,1H3,(H,26,29). The van der Waals surface area contributed by atoms with Crippen molar-refractivity contribution in [3.8, 4) is 11.1 Å². The molecule has 1 fully saturated rings. The molecule has 0 spiro atoms. The Morgan fingerprint density at radius 2 is 1.93 bits per heavy atom. The first-order valence-electron chi connectivity index (χ1n) is 10.4. The van der Waals surface area contributed by atoms with Crippen LogP contribution in [0.15, 0.2) is 54.1 Å². The third-order valence-electron chi connectivity index (χ3n) is 6.58. The number of amides is 2. The van der Waals surface area contributed by atoms with Crippen LogP contribution in [0.1, 0.15) is 43.5 Å². The summed E-state index contributed by atoms with van der Waals surface area (Å²) in [4.78, 5) is 18.8. The van der Waals surface area contributed by atoms with Gasteiger partial charge in [-0.3, -0.25) is 4.90 Å². The maximum absolute atomic E-state index is 12.1. The van der Waals surface area contributed by atoms with E-state index in [-0.39, 0.29) is 11.6 Å². The summed E-state index contributed by atoms with van der Waals surface area (Å²) in [6.45, 7) is 0.459. The Morgan fingerprint density at radius 1 is 1.14 bits per heavy atom. The molecule has 3 N–H and O–H groups in total. The number of pyridine rings is 1. The highest BCUT2D eigenvalue weighted by Gasteiger charge is 2.36. The third-order valence-corrected chi connectivity index (χ3v) is 6.58. The minimum absolute atomic E-state index is 0.0828. The molecule has 1 aliphatic heterocycles. The zero-order chi connectivity index (χ0) is 20.0. The van der Waals surface area contributed by atoms with E-state index in [1.54, 1.807) is 11.9 Å². The lowest BCUT2D eigenvalue weighted by Crippen LogP contribution is -2.48. The average molecular weight is 386 g/mol. The first kappa shape index (κ1) is 18.1. The highest BCUT2D eigenvalue weighted by molar-refractivity contribution is 5.95. The summed E-state index contributed by atoms with van der Waals surface area (Å²) in [7, 11) is 1.79. The van der Waals surface area contributed by atoms with Gasteiger partial charge >= 0.3 is 6.03 Å². The van der Waals surface area contributed by atoms with Crippen LogP contribution >= 0.6 is 0 Å². The summed E-state index contributed by atoms with van der Waals surface area (Å²) in [6.07, 6.45) is 9.79. The SMILES string of the molecule is CN1C(=O)NCc2nc(C3=CC=C(C4(N)CCC4)CC3)c(-c3ccccc3)cc21. The van der Waals surface area contributed by atoms with E-state index >= 15 is 0 Å². The molecule has 2 heterocycles. The summed E-state index contributed by atoms with van der Waals surface area (Å²) in [5.41, 5.74) is 14.0. The van der Waals surface area contributed by atoms with Gasteiger partial charge in [-0.25, -0.2) is 9.78 Å². The van der Waals surface area contributed by atoms with E-state index in [9.17, 15) is 4.79 Å². The van der Waals surface area contributed by atoms with Gasteiger partial charge < -0.3 is 11.1 Å². The van der Waals surface area contributed by atoms with Crippen LogP contribution in [0.4, 0.5) is 10.5 Å². The molecule has 3 aliphatic rings. The predicted molar refractivity (Wildman–Crippen MR) is 116 cm³/mol. The summed E-state index contributed by atoms with van der Waals surface area (Å²) in [5, 5.41) is 2.90. The van der Waals surface area contributed by atoms with E-state index in [1.165, 1.54) is 17.6 Å². The second kappa shape index (κ2) is 6.85. The Morgan fingerprint density at radius 3 is 2.59 bits per heavy atom. The summed E-state index contributed by atoms with van der Waals surface area (Å²) >= 11 is 0. The molecule has 29 heavy (non-hydrogen) atoms. The smallest absolute Gasteiger partial charge is 0.321 e. The van der Waals surface area contributed by atoms with Crippen LogP contribution in [0, 0.1) is 0 Å². The van der Waals surface area contributed by atoms with E-state index in [1.807, 2.05) is 18.2 Å². The number of anilines is 1. The topological polar surface area (TPSA) is 71.2 Å². The molecule has 0 radical (unpaired) electrons. The summed E-state index contributed by atoms with van der Waals surface area (Å²) < 4.78 is 0. The molecule has 5 nitrogen and oxygen atoms in total. The Bertz CT molecular complexity index is 1030. The number of carbonyl (C=O) groups is 1. The average Bonchev–Trinajstić information content (AvgIpc) is 2.75. The van der Waals surface area contributed by atoms with Gasteiger partial charge in [0.1, 0.15) is 0 Å². The molecule has 0 unspecified atom stereocenters. The van der Waals surface area contributed by atoms with E-state index in [0.717, 1.165) is 53.9 Å². The minimum Gasteiger partial charge on any atom is -0.332 e. The second-order valence-electron chi connectivity index (χ2n) is 8.33. The molecule has 5 heteroatoms. The van der Waals surface area contributed by atoms with Gasteiger partial charge in [0.2, 0.25) is 0 Å². The van der Waals surface area contributed by atoms with Crippen molar-refractivity contribution in [2.24, 2.45) is 5.73 Å². The van der Waals surface area contributed by atoms with Gasteiger partial charge in [-0.2, -0.15) is 0 Å². The van der Waals surface area contributed by atoms with E-state index < -0.39 is 0 Å². The van der Waals surface area contributed by atoms with Gasteiger partial charge in [-0.1, -0.05) is 48.1 Å². The lowest BCUT2D eigenvalue weighted by Gasteiger charge is -2.41. The molecule has 1 aromatic heterocycles. The normalized spacial score (nSPS) is 20.2. The quantitative estimate of drug-likeness (QED) is 0.822. The third kappa shape index (κ3) is 3.06. The number of aromatic nitrogens is 1. The lowest BCUT2D eigenvalue weighted by molar-refractivity contribution is 0.245. The van der Waals surface area contributed by atoms with E-state index in [0.29, 0.717) is 6.54 Å². The largest absolute Gasteiger partial charge is 0.332 e. The van der Waals surface area contributed by atoms with Gasteiger partial charge in [0.15, 0.2) is 0 Å². The maximum atomic E-state index is 12.1. The number of hydrogen-bond donors (Lipinski definition) is 2. The molecule has 148 valence electrons. The Kier molecular flexibility index (Phi) is 4.28. The number of fused-ring (bicyclic) bond motifs is 1. The van der Waals surface area contributed by atoms with Crippen molar-refractivity contribution >= 4 is 17.3 Å². The molecule has 0 saturated heterocycles. The number of nitrogens with zero attached hydrogens (tertiary/aromatic N) is 2. The Hall–Kier alpha value is -2.92. The van der Waals surface area contributed by atoms with Crippen molar-refractivity contribution in [1.29, 1.82) is 0 Å². The minimum atomic E-state index is -0.0933. The number of hydrogen-bond acceptors (Lipinski definition) is 3. The van der Waals surface area contributed by atoms with Gasteiger partial charge in [0.25, 0.3) is 0 Å². The van der Waals surface area contributed by atoms with Crippen molar-refractivity contribution in [3.05, 3.63) is 65.5 Å². The van der Waals surface area contributed by atoms with Crippen molar-refractivity contribution in [3.63, 3.8) is 0 Å². The zero-order valence-corrected chi connectivity index (χ0v) is 16.7. The predicted octanol–water partition coefficient (Wildman–Crippen LogP) is 4.39. The number of benzene rings is 1. The maximum Gasteiger partial charge on any atom is 0.321 e. The van der Waals surface area contributed by atoms with Crippen LogP contribution in [-0.4, -0.2) is 23.6 Å². The fraction of sp³-hybridized carbons (Fsp3) is 0.333. The van der Waals surface area contributed by atoms with Gasteiger partial charge in [-0.05, 0) is 49.3 Å². The molecule has 0 atom stereocenters. The molecule has 2 aliphatic carbocycles. The van der Waals surface area contributed by atoms with Crippen molar-refractivity contribution in [1.82, 2.24) is 10.3 Å². The van der Waals surface area contributed by atoms with E-state index in [2.05, 4.69) is 35.7 Å². The molecule has 5 rings (SSSR count). The van der Waals surface area contributed by atoms with Gasteiger partial charge in [0.05, 0.1) is 23.6 Å². The van der Waals surface area contributed by atoms with Crippen LogP contribution < -0.4 is 16.0 Å². The van der Waals surface area contributed by atoms with Crippen molar-refractivity contribution in [2.75, 3.05) is 11.9 Å². The van der Waals surface area contributed by atoms with Crippen LogP contribution in [0.25, 0.3) is 16.7 Å². The Labute approximate surface area is 171 Å². The summed E-state index contributed by atoms with van der Waals surface area (Å²) in [5.74, 6) is 0. The number of rotatable bonds is 3. The van der Waals surface area contributed by atoms with Crippen molar-refractivity contribution < 1.29 is 4.79 Å². The number of nitrogens with two attached hydrogens (primary N) is 1. The fourth-order valence-electron chi connectivity index (χ4n) is 4.56. The molecular weight excluding hydrogens is 360 g/mol. The highest BCUT2D eigenvalue weighted by Crippen LogP contribution is 2.42. The van der Waals surface area contributed by atoms with Crippen LogP contribution in [0.3, 0.4) is 0 Å². The van der Waals surface area contributed by atoms with Crippen molar-refractivity contribution in [2.45, 2.75) is 44.2 Å². The second-order valence-corrected chi connectivity index (χ2v) is 8.33. The molecule has 2 aromatic rings. The number of carbonyl (C=O) groups excluding carboxylic acids is 1. The van der Waals surface area contributed by atoms with Crippen LogP contribution in [-0.2, 0) is 6.54 Å². The molecule has 1 aromatic carbocycles. The molecular formula is C24H26N4O. The zero-order valence-electron chi connectivity index (χ0n) is 16.7. The Balaban J connectivity index is 1.62. The van der Waals surface area contributed by atoms with Crippen LogP contribution in [0.2, 0.25) is 0 Å². The fourth-order valence-corrected chi connectivity index (χ4v) is 4.56. The molecule has 2 amide bonds. The summed E-state index contributed by atoms with van der Waals surface area (Å²) in [6, 6.07) is 12.3. The highest BCUT2D eigenvalue weighted by atomic mass is 16.2.